The van der Waals surface area contributed by atoms with E-state index in [2.05, 4.69) is 11.8 Å². The van der Waals surface area contributed by atoms with Gasteiger partial charge in [-0.2, -0.15) is 0 Å². The van der Waals surface area contributed by atoms with Crippen molar-refractivity contribution in [2.24, 2.45) is 0 Å². The van der Waals surface area contributed by atoms with Gasteiger partial charge >= 0.3 is 27.3 Å². The van der Waals surface area contributed by atoms with Crippen molar-refractivity contribution in [3.05, 3.63) is 72.5 Å². The molecule has 0 amide bonds. The number of methoxy groups -OCH3 is 1. The summed E-state index contributed by atoms with van der Waals surface area (Å²) in [7, 11) is 1.65. The van der Waals surface area contributed by atoms with Crippen LogP contribution in [0.4, 0.5) is 0 Å². The van der Waals surface area contributed by atoms with Crippen LogP contribution in [0.15, 0.2) is 60.1 Å². The molecule has 1 aromatic rings. The second-order valence-electron chi connectivity index (χ2n) is 3.50. The molecule has 0 unspecified atom stereocenters. The summed E-state index contributed by atoms with van der Waals surface area (Å²) < 4.78 is 4.89. The minimum atomic E-state index is -1.08. The fourth-order valence-corrected chi connectivity index (χ4v) is 0.850. The maximum Gasteiger partial charge on any atom is 2.00 e. The molecule has 0 saturated heterocycles. The smallest absolute Gasteiger partial charge is 0.550 e. The normalized spacial score (nSPS) is 9.78. The Morgan fingerprint density at radius 3 is 1.65 bits per heavy atom. The number of hydrogen-bond donors (Lipinski definition) is 0. The van der Waals surface area contributed by atoms with Gasteiger partial charge in [0.05, 0.1) is 13.5 Å². The summed E-state index contributed by atoms with van der Waals surface area (Å²) in [5, 5.41) is 17.8. The summed E-state index contributed by atoms with van der Waals surface area (Å²) in [5.41, 5.74) is 2.89. The molecule has 5 nitrogen and oxygen atoms in total. The molecule has 23 heavy (non-hydrogen) atoms. The number of rotatable bonds is 1. The molecular formula is C17H18O5Pb. The van der Waals surface area contributed by atoms with Gasteiger partial charge in [-0.05, 0) is 38.1 Å². The van der Waals surface area contributed by atoms with E-state index in [1.54, 1.807) is 7.11 Å². The van der Waals surface area contributed by atoms with Crippen molar-refractivity contribution in [3.63, 3.8) is 0 Å². The zero-order valence-corrected chi connectivity index (χ0v) is 17.1. The van der Waals surface area contributed by atoms with Crippen LogP contribution in [0, 0.1) is 12.5 Å². The number of benzene rings is 1. The van der Waals surface area contributed by atoms with E-state index in [-0.39, 0.29) is 27.3 Å². The van der Waals surface area contributed by atoms with Crippen molar-refractivity contribution in [1.82, 2.24) is 0 Å². The number of aliphatic carboxylic acids is 2. The minimum absolute atomic E-state index is 0. The number of carbonyl (C=O) groups is 2. The van der Waals surface area contributed by atoms with Gasteiger partial charge in [0.25, 0.3) is 0 Å². The van der Waals surface area contributed by atoms with Crippen LogP contribution in [0.5, 0.6) is 0 Å². The van der Waals surface area contributed by atoms with Gasteiger partial charge in [-0.15, -0.1) is 5.73 Å². The molecule has 0 fully saturated rings. The topological polar surface area (TPSA) is 89.5 Å². The second kappa shape index (κ2) is 20.1. The Labute approximate surface area is 157 Å². The summed E-state index contributed by atoms with van der Waals surface area (Å²) in [5.74, 6) is -1.29. The van der Waals surface area contributed by atoms with Crippen molar-refractivity contribution in [2.75, 3.05) is 7.11 Å². The Hall–Kier alpha value is -1.86. The van der Waals surface area contributed by atoms with Gasteiger partial charge < -0.3 is 24.5 Å². The SMILES string of the molecule is CC(=O)[O-].CC(=O)[O-].COC1=CC=C=C[CH]1.[Pb+2].[c]1ccccc1. The van der Waals surface area contributed by atoms with Gasteiger partial charge in [0.2, 0.25) is 0 Å². The van der Waals surface area contributed by atoms with E-state index in [0.717, 1.165) is 19.6 Å². The molecule has 0 N–H and O–H groups in total. The number of carbonyl (C=O) groups excluding carboxylic acids is 2. The van der Waals surface area contributed by atoms with E-state index in [0.29, 0.717) is 0 Å². The van der Waals surface area contributed by atoms with Gasteiger partial charge in [-0.1, -0.05) is 30.3 Å². The Morgan fingerprint density at radius 1 is 1.00 bits per heavy atom. The monoisotopic (exact) mass is 510 g/mol. The predicted octanol–water partition coefficient (Wildman–Crippen LogP) is 0.0643. The standard InChI is InChI=1S/C7H7O.C6H5.2C2H4O2.Pb/c1-8-7-5-3-2-4-6-7;1-2-4-6-5-3-1;2*1-2(3)4;/h3-6H,1H3;1-5H;2*1H3,(H,3,4);/q;;;;+2/p-2. The molecule has 0 atom stereocenters. The molecule has 0 saturated carbocycles. The van der Waals surface area contributed by atoms with Gasteiger partial charge in [0.15, 0.2) is 0 Å². The van der Waals surface area contributed by atoms with Crippen LogP contribution in [-0.4, -0.2) is 46.3 Å². The Bertz CT molecular complexity index is 456. The average molecular weight is 510 g/mol. The van der Waals surface area contributed by atoms with E-state index in [1.165, 1.54) is 0 Å². The van der Waals surface area contributed by atoms with E-state index >= 15 is 0 Å². The van der Waals surface area contributed by atoms with Crippen LogP contribution >= 0.6 is 0 Å². The molecule has 4 radical (unpaired) electrons. The molecule has 0 aliphatic heterocycles. The van der Waals surface area contributed by atoms with Gasteiger partial charge in [-0.3, -0.25) is 0 Å². The zero-order chi connectivity index (χ0) is 17.2. The van der Waals surface area contributed by atoms with Crippen molar-refractivity contribution >= 4 is 39.2 Å². The van der Waals surface area contributed by atoms with Crippen LogP contribution in [0.25, 0.3) is 0 Å². The molecule has 2 rings (SSSR count). The van der Waals surface area contributed by atoms with Crippen LogP contribution in [0.2, 0.25) is 0 Å². The van der Waals surface area contributed by atoms with Crippen LogP contribution < -0.4 is 10.2 Å². The van der Waals surface area contributed by atoms with Gasteiger partial charge in [-0.25, -0.2) is 0 Å². The third-order valence-electron chi connectivity index (χ3n) is 1.53. The summed E-state index contributed by atoms with van der Waals surface area (Å²) in [4.78, 5) is 17.8. The molecule has 0 aromatic heterocycles. The quantitative estimate of drug-likeness (QED) is 0.395. The van der Waals surface area contributed by atoms with Crippen LogP contribution in [0.1, 0.15) is 13.8 Å². The summed E-state index contributed by atoms with van der Waals surface area (Å²) in [6.07, 6.45) is 7.36. The van der Waals surface area contributed by atoms with Crippen molar-refractivity contribution in [2.45, 2.75) is 13.8 Å². The summed E-state index contributed by atoms with van der Waals surface area (Å²) in [6.45, 7) is 1.94. The number of allylic oxidation sites excluding steroid dienone is 2. The molecule has 1 aliphatic rings. The van der Waals surface area contributed by atoms with Crippen molar-refractivity contribution in [1.29, 1.82) is 0 Å². The Balaban J connectivity index is -0.000000240. The molecule has 120 valence electrons. The van der Waals surface area contributed by atoms with Gasteiger partial charge in [0, 0.05) is 11.9 Å². The van der Waals surface area contributed by atoms with E-state index < -0.39 is 11.9 Å². The van der Waals surface area contributed by atoms with Crippen molar-refractivity contribution in [3.8, 4) is 0 Å². The molecule has 1 aliphatic carbocycles. The van der Waals surface area contributed by atoms with Gasteiger partial charge in [0.1, 0.15) is 5.76 Å². The molecule has 1 aromatic carbocycles. The Morgan fingerprint density at radius 2 is 1.48 bits per heavy atom. The molecule has 0 bridgehead atoms. The number of ether oxygens (including phenoxy) is 1. The first-order valence-electron chi connectivity index (χ1n) is 6.16. The van der Waals surface area contributed by atoms with Crippen molar-refractivity contribution < 1.29 is 24.5 Å². The molecule has 6 heteroatoms. The van der Waals surface area contributed by atoms with Crippen LogP contribution in [-0.2, 0) is 14.3 Å². The maximum atomic E-state index is 8.89. The third kappa shape index (κ3) is 33.1. The first kappa shape index (κ1) is 26.1. The largest absolute Gasteiger partial charge is 2.00 e. The summed E-state index contributed by atoms with van der Waals surface area (Å²) in [6, 6.07) is 12.5. The molecule has 0 heterocycles. The second-order valence-corrected chi connectivity index (χ2v) is 3.50. The number of carboxylic acid groups (broad SMARTS) is 2. The average Bonchev–Trinajstić information content (AvgIpc) is 2.49. The molecule has 0 spiro atoms. The maximum absolute atomic E-state index is 8.89. The predicted molar refractivity (Wildman–Crippen MR) is 84.4 cm³/mol. The summed E-state index contributed by atoms with van der Waals surface area (Å²) >= 11 is 0. The van der Waals surface area contributed by atoms with E-state index in [1.807, 2.05) is 55.0 Å². The fourth-order valence-electron chi connectivity index (χ4n) is 0.850. The zero-order valence-electron chi connectivity index (χ0n) is 13.2. The Kier molecular flexibility index (Phi) is 22.8. The van der Waals surface area contributed by atoms with Crippen LogP contribution in [0.3, 0.4) is 0 Å². The number of hydrogen-bond acceptors (Lipinski definition) is 5. The number of carboxylic acids is 2. The third-order valence-corrected chi connectivity index (χ3v) is 1.53. The molecular weight excluding hydrogens is 491 g/mol. The first-order valence-corrected chi connectivity index (χ1v) is 6.16. The fraction of sp³-hybridized carbons (Fsp3) is 0.176. The minimum Gasteiger partial charge on any atom is -0.550 e. The van der Waals surface area contributed by atoms with E-state index in [9.17, 15) is 0 Å². The first-order chi connectivity index (χ1) is 10.4. The van der Waals surface area contributed by atoms with E-state index in [4.69, 9.17) is 24.5 Å².